The lowest BCUT2D eigenvalue weighted by molar-refractivity contribution is 1.06. The molecule has 0 aliphatic carbocycles. The summed E-state index contributed by atoms with van der Waals surface area (Å²) < 4.78 is 1.93. The van der Waals surface area contributed by atoms with E-state index in [1.807, 2.05) is 35.9 Å². The van der Waals surface area contributed by atoms with Crippen LogP contribution in [0.25, 0.3) is 28.1 Å². The molecule has 0 saturated carbocycles. The van der Waals surface area contributed by atoms with Crippen molar-refractivity contribution in [1.82, 2.24) is 24.5 Å². The average Bonchev–Trinajstić information content (AvgIpc) is 3.23. The number of H-pyrrole nitrogens is 2. The summed E-state index contributed by atoms with van der Waals surface area (Å²) in [5.41, 5.74) is 4.78. The van der Waals surface area contributed by atoms with E-state index in [0.29, 0.717) is 11.4 Å². The molecule has 0 fully saturated rings. The molecule has 0 unspecified atom stereocenters. The number of aromatic amines is 2. The zero-order valence-electron chi connectivity index (χ0n) is 13.3. The van der Waals surface area contributed by atoms with E-state index in [0.717, 1.165) is 28.0 Å². The fourth-order valence-corrected chi connectivity index (χ4v) is 2.87. The Hall–Kier alpha value is -3.35. The summed E-state index contributed by atoms with van der Waals surface area (Å²) in [6.07, 6.45) is 6.99. The third-order valence-electron chi connectivity index (χ3n) is 4.03. The molecular formula is C17H16N6O. The Morgan fingerprint density at radius 1 is 1.29 bits per heavy atom. The van der Waals surface area contributed by atoms with Gasteiger partial charge in [0.25, 0.3) is 5.56 Å². The first-order valence-electron chi connectivity index (χ1n) is 7.56. The van der Waals surface area contributed by atoms with Crippen LogP contribution in [0.1, 0.15) is 5.56 Å². The number of nitrogens with zero attached hydrogens (tertiary/aromatic N) is 3. The van der Waals surface area contributed by atoms with Gasteiger partial charge in [0.1, 0.15) is 11.4 Å². The van der Waals surface area contributed by atoms with Gasteiger partial charge >= 0.3 is 0 Å². The van der Waals surface area contributed by atoms with Crippen LogP contribution in [0.3, 0.4) is 0 Å². The van der Waals surface area contributed by atoms with Crippen LogP contribution in [0, 0.1) is 6.92 Å². The van der Waals surface area contributed by atoms with Gasteiger partial charge in [-0.15, -0.1) is 0 Å². The fourth-order valence-electron chi connectivity index (χ4n) is 2.87. The summed E-state index contributed by atoms with van der Waals surface area (Å²) in [6.45, 7) is 2.00. The zero-order valence-corrected chi connectivity index (χ0v) is 13.3. The number of hydrogen-bond donors (Lipinski definition) is 3. The molecule has 1 aromatic carbocycles. The molecule has 7 nitrogen and oxygen atoms in total. The average molecular weight is 320 g/mol. The predicted molar refractivity (Wildman–Crippen MR) is 93.6 cm³/mol. The van der Waals surface area contributed by atoms with Crippen LogP contribution in [0.15, 0.2) is 47.9 Å². The first-order chi connectivity index (χ1) is 11.7. The summed E-state index contributed by atoms with van der Waals surface area (Å²) >= 11 is 0. The number of aromatic nitrogens is 5. The lowest BCUT2D eigenvalue weighted by Gasteiger charge is -2.04. The lowest BCUT2D eigenvalue weighted by atomic mass is 10.2. The highest BCUT2D eigenvalue weighted by Gasteiger charge is 2.15. The van der Waals surface area contributed by atoms with E-state index in [1.165, 1.54) is 0 Å². The van der Waals surface area contributed by atoms with E-state index in [-0.39, 0.29) is 5.56 Å². The van der Waals surface area contributed by atoms with Gasteiger partial charge in [0.2, 0.25) is 0 Å². The Morgan fingerprint density at radius 3 is 2.92 bits per heavy atom. The van der Waals surface area contributed by atoms with Crippen molar-refractivity contribution in [1.29, 1.82) is 0 Å². The molecule has 0 aliphatic heterocycles. The number of nitrogens with one attached hydrogen (secondary N) is 3. The molecule has 3 N–H and O–H groups in total. The van der Waals surface area contributed by atoms with E-state index in [4.69, 9.17) is 0 Å². The number of pyridine rings is 1. The molecule has 0 radical (unpaired) electrons. The molecule has 0 bridgehead atoms. The van der Waals surface area contributed by atoms with Crippen molar-refractivity contribution in [2.75, 3.05) is 12.4 Å². The van der Waals surface area contributed by atoms with Gasteiger partial charge < -0.3 is 19.9 Å². The van der Waals surface area contributed by atoms with Crippen molar-refractivity contribution >= 4 is 16.7 Å². The van der Waals surface area contributed by atoms with Gasteiger partial charge in [-0.1, -0.05) is 0 Å². The van der Waals surface area contributed by atoms with Crippen molar-refractivity contribution in [2.45, 2.75) is 6.92 Å². The smallest absolute Gasteiger partial charge is 0.261 e. The molecule has 3 heterocycles. The maximum atomic E-state index is 12.2. The molecule has 0 saturated heterocycles. The Morgan fingerprint density at radius 2 is 2.17 bits per heavy atom. The highest BCUT2D eigenvalue weighted by Crippen LogP contribution is 2.27. The Balaban J connectivity index is 1.94. The number of aryl methyl sites for hydroxylation is 1. The van der Waals surface area contributed by atoms with Crippen molar-refractivity contribution in [3.05, 3.63) is 59.0 Å². The highest BCUT2D eigenvalue weighted by atomic mass is 16.1. The van der Waals surface area contributed by atoms with E-state index in [1.54, 1.807) is 25.8 Å². The monoisotopic (exact) mass is 320 g/mol. The zero-order chi connectivity index (χ0) is 16.7. The second-order valence-electron chi connectivity index (χ2n) is 5.56. The topological polar surface area (TPSA) is 91.4 Å². The Bertz CT molecular complexity index is 1070. The van der Waals surface area contributed by atoms with Crippen molar-refractivity contribution in [3.8, 4) is 17.1 Å². The van der Waals surface area contributed by atoms with Crippen LogP contribution in [0.5, 0.6) is 0 Å². The van der Waals surface area contributed by atoms with Crippen molar-refractivity contribution < 1.29 is 0 Å². The Labute approximate surface area is 137 Å². The SMILES string of the molecule is CNc1cc[nH]c(=O)c1-c1nc2c(C)cc(-n3ccnc3)cc2[nH]1. The minimum atomic E-state index is -0.187. The highest BCUT2D eigenvalue weighted by molar-refractivity contribution is 5.86. The second-order valence-corrected chi connectivity index (χ2v) is 5.56. The van der Waals surface area contributed by atoms with Gasteiger partial charge in [-0.3, -0.25) is 4.79 Å². The van der Waals surface area contributed by atoms with E-state index < -0.39 is 0 Å². The lowest BCUT2D eigenvalue weighted by Crippen LogP contribution is -2.11. The summed E-state index contributed by atoms with van der Waals surface area (Å²) in [4.78, 5) is 26.9. The van der Waals surface area contributed by atoms with Gasteiger partial charge in [0.05, 0.1) is 23.0 Å². The maximum Gasteiger partial charge on any atom is 0.261 e. The van der Waals surface area contributed by atoms with Crippen LogP contribution in [-0.2, 0) is 0 Å². The molecule has 0 atom stereocenters. The van der Waals surface area contributed by atoms with E-state index in [2.05, 4.69) is 25.3 Å². The molecule has 3 aromatic heterocycles. The normalized spacial score (nSPS) is 11.1. The van der Waals surface area contributed by atoms with Crippen molar-refractivity contribution in [2.24, 2.45) is 0 Å². The number of fused-ring (bicyclic) bond motifs is 1. The number of rotatable bonds is 3. The summed E-state index contributed by atoms with van der Waals surface area (Å²) in [6, 6.07) is 5.85. The van der Waals surface area contributed by atoms with Crippen LogP contribution in [0.4, 0.5) is 5.69 Å². The quantitative estimate of drug-likeness (QED) is 0.541. The third kappa shape index (κ3) is 2.18. The largest absolute Gasteiger partial charge is 0.387 e. The van der Waals surface area contributed by atoms with Crippen LogP contribution < -0.4 is 10.9 Å². The molecule has 0 spiro atoms. The molecule has 120 valence electrons. The molecule has 24 heavy (non-hydrogen) atoms. The third-order valence-corrected chi connectivity index (χ3v) is 4.03. The van der Waals surface area contributed by atoms with Gasteiger partial charge in [-0.05, 0) is 30.7 Å². The fraction of sp³-hybridized carbons (Fsp3) is 0.118. The molecule has 7 heteroatoms. The number of benzene rings is 1. The number of hydrogen-bond acceptors (Lipinski definition) is 4. The number of anilines is 1. The molecular weight excluding hydrogens is 304 g/mol. The van der Waals surface area contributed by atoms with Crippen molar-refractivity contribution in [3.63, 3.8) is 0 Å². The van der Waals surface area contributed by atoms with Crippen LogP contribution >= 0.6 is 0 Å². The van der Waals surface area contributed by atoms with Gasteiger partial charge in [-0.25, -0.2) is 9.97 Å². The summed E-state index contributed by atoms with van der Waals surface area (Å²) in [5, 5.41) is 3.04. The second kappa shape index (κ2) is 5.38. The number of imidazole rings is 2. The Kier molecular flexibility index (Phi) is 3.19. The van der Waals surface area contributed by atoms with Crippen LogP contribution in [0.2, 0.25) is 0 Å². The molecule has 4 rings (SSSR count). The van der Waals surface area contributed by atoms with Crippen LogP contribution in [-0.4, -0.2) is 31.6 Å². The summed E-state index contributed by atoms with van der Waals surface area (Å²) in [7, 11) is 1.78. The van der Waals surface area contributed by atoms with Gasteiger partial charge in [-0.2, -0.15) is 0 Å². The standard InChI is InChI=1S/C17H16N6O/c1-10-7-11(23-6-5-19-9-23)8-13-15(10)22-16(21-13)14-12(18-2)3-4-20-17(14)24/h3-9H,1-2H3,(H,21,22)(H2,18,20,24). The van der Waals surface area contributed by atoms with Gasteiger partial charge in [0.15, 0.2) is 0 Å². The first kappa shape index (κ1) is 14.3. The minimum absolute atomic E-state index is 0.187. The first-order valence-corrected chi connectivity index (χ1v) is 7.56. The molecule has 4 aromatic rings. The van der Waals surface area contributed by atoms with E-state index in [9.17, 15) is 4.79 Å². The minimum Gasteiger partial charge on any atom is -0.387 e. The van der Waals surface area contributed by atoms with Gasteiger partial charge in [0, 0.05) is 31.3 Å². The maximum absolute atomic E-state index is 12.2. The molecule has 0 aliphatic rings. The summed E-state index contributed by atoms with van der Waals surface area (Å²) in [5.74, 6) is 0.544. The van der Waals surface area contributed by atoms with E-state index >= 15 is 0 Å². The molecule has 0 amide bonds. The predicted octanol–water partition coefficient (Wildman–Crippen LogP) is 2.45.